The standard InChI is InChI=1S/C14H16N4/c1-3-7-12(2)15-10-13-11-16-18(17-13)14-8-5-4-6-9-14/h1,4-6,8-9,11-12,15H,7,10H2,2H3. The minimum Gasteiger partial charge on any atom is -0.308 e. The topological polar surface area (TPSA) is 42.7 Å². The second kappa shape index (κ2) is 5.99. The highest BCUT2D eigenvalue weighted by Gasteiger charge is 2.04. The van der Waals surface area contributed by atoms with Gasteiger partial charge in [-0.15, -0.1) is 12.3 Å². The van der Waals surface area contributed by atoms with Crippen LogP contribution in [0.3, 0.4) is 0 Å². The van der Waals surface area contributed by atoms with Gasteiger partial charge in [0.2, 0.25) is 0 Å². The maximum absolute atomic E-state index is 5.26. The predicted octanol–water partition coefficient (Wildman–Crippen LogP) is 1.77. The molecule has 0 spiro atoms. The van der Waals surface area contributed by atoms with Crippen LogP contribution in [0, 0.1) is 12.3 Å². The number of nitrogens with one attached hydrogen (secondary N) is 1. The number of nitrogens with zero attached hydrogens (tertiary/aromatic N) is 3. The van der Waals surface area contributed by atoms with Crippen molar-refractivity contribution in [3.63, 3.8) is 0 Å². The summed E-state index contributed by atoms with van der Waals surface area (Å²) in [5, 5.41) is 11.9. The number of terminal acetylenes is 1. The zero-order valence-corrected chi connectivity index (χ0v) is 10.4. The van der Waals surface area contributed by atoms with Crippen LogP contribution in [0.4, 0.5) is 0 Å². The second-order valence-electron chi connectivity index (χ2n) is 4.15. The Hall–Kier alpha value is -2.12. The maximum atomic E-state index is 5.26. The van der Waals surface area contributed by atoms with Crippen molar-refractivity contribution in [3.05, 3.63) is 42.2 Å². The molecule has 1 unspecified atom stereocenters. The molecule has 2 rings (SSSR count). The lowest BCUT2D eigenvalue weighted by atomic mass is 10.2. The van der Waals surface area contributed by atoms with E-state index in [2.05, 4.69) is 28.4 Å². The lowest BCUT2D eigenvalue weighted by Crippen LogP contribution is -2.25. The fraction of sp³-hybridized carbons (Fsp3) is 0.286. The van der Waals surface area contributed by atoms with Gasteiger partial charge in [-0.3, -0.25) is 0 Å². The van der Waals surface area contributed by atoms with Gasteiger partial charge in [-0.25, -0.2) is 0 Å². The first-order valence-corrected chi connectivity index (χ1v) is 5.93. The Kier molecular flexibility index (Phi) is 4.11. The summed E-state index contributed by atoms with van der Waals surface area (Å²) < 4.78 is 0. The molecule has 0 amide bonds. The molecule has 4 heteroatoms. The molecule has 0 radical (unpaired) electrons. The zero-order chi connectivity index (χ0) is 12.8. The summed E-state index contributed by atoms with van der Waals surface area (Å²) >= 11 is 0. The number of hydrogen-bond acceptors (Lipinski definition) is 3. The van der Waals surface area contributed by atoms with E-state index in [1.165, 1.54) is 0 Å². The van der Waals surface area contributed by atoms with Gasteiger partial charge in [0.1, 0.15) is 0 Å². The number of aromatic nitrogens is 3. The first kappa shape index (κ1) is 12.3. The van der Waals surface area contributed by atoms with Gasteiger partial charge in [0.25, 0.3) is 0 Å². The average Bonchev–Trinajstić information content (AvgIpc) is 2.87. The summed E-state index contributed by atoms with van der Waals surface area (Å²) in [5.41, 5.74) is 1.86. The molecule has 92 valence electrons. The molecule has 1 aromatic heterocycles. The molecule has 1 N–H and O–H groups in total. The van der Waals surface area contributed by atoms with E-state index in [4.69, 9.17) is 6.42 Å². The van der Waals surface area contributed by atoms with Crippen molar-refractivity contribution in [2.45, 2.75) is 25.9 Å². The van der Waals surface area contributed by atoms with E-state index < -0.39 is 0 Å². The van der Waals surface area contributed by atoms with Crippen molar-refractivity contribution >= 4 is 0 Å². The normalized spacial score (nSPS) is 12.0. The smallest absolute Gasteiger partial charge is 0.0969 e. The molecule has 4 nitrogen and oxygen atoms in total. The largest absolute Gasteiger partial charge is 0.308 e. The van der Waals surface area contributed by atoms with Gasteiger partial charge in [-0.1, -0.05) is 18.2 Å². The van der Waals surface area contributed by atoms with Gasteiger partial charge in [0.15, 0.2) is 0 Å². The third kappa shape index (κ3) is 3.19. The molecular formula is C14H16N4. The molecule has 0 saturated carbocycles. The van der Waals surface area contributed by atoms with E-state index in [1.807, 2.05) is 30.3 Å². The van der Waals surface area contributed by atoms with Gasteiger partial charge in [0, 0.05) is 19.0 Å². The third-order valence-electron chi connectivity index (χ3n) is 2.58. The van der Waals surface area contributed by atoms with E-state index in [9.17, 15) is 0 Å². The molecule has 2 aromatic rings. The van der Waals surface area contributed by atoms with Gasteiger partial charge < -0.3 is 5.32 Å². The number of benzene rings is 1. The van der Waals surface area contributed by atoms with Crippen molar-refractivity contribution in [1.82, 2.24) is 20.3 Å². The van der Waals surface area contributed by atoms with Crippen molar-refractivity contribution < 1.29 is 0 Å². The van der Waals surface area contributed by atoms with Gasteiger partial charge in [-0.05, 0) is 19.1 Å². The molecule has 1 atom stereocenters. The van der Waals surface area contributed by atoms with Crippen molar-refractivity contribution in [2.24, 2.45) is 0 Å². The highest BCUT2D eigenvalue weighted by atomic mass is 15.5. The average molecular weight is 240 g/mol. The molecule has 0 aliphatic heterocycles. The van der Waals surface area contributed by atoms with Crippen LogP contribution in [0.15, 0.2) is 36.5 Å². The molecular weight excluding hydrogens is 224 g/mol. The first-order valence-electron chi connectivity index (χ1n) is 5.93. The van der Waals surface area contributed by atoms with Crippen LogP contribution in [0.5, 0.6) is 0 Å². The minimum atomic E-state index is 0.289. The summed E-state index contributed by atoms with van der Waals surface area (Å²) in [4.78, 5) is 1.63. The van der Waals surface area contributed by atoms with Crippen molar-refractivity contribution in [3.8, 4) is 18.0 Å². The molecule has 0 aliphatic carbocycles. The molecule has 0 fully saturated rings. The van der Waals surface area contributed by atoms with E-state index in [0.717, 1.165) is 11.4 Å². The SMILES string of the molecule is C#CCC(C)NCc1cnn(-c2ccccc2)n1. The Morgan fingerprint density at radius 3 is 2.89 bits per heavy atom. The lowest BCUT2D eigenvalue weighted by Gasteiger charge is -2.08. The first-order chi connectivity index (χ1) is 8.79. The summed E-state index contributed by atoms with van der Waals surface area (Å²) in [6, 6.07) is 10.1. The lowest BCUT2D eigenvalue weighted by molar-refractivity contribution is 0.550. The molecule has 1 aromatic carbocycles. The molecule has 0 bridgehead atoms. The monoisotopic (exact) mass is 240 g/mol. The quantitative estimate of drug-likeness (QED) is 0.810. The number of para-hydroxylation sites is 1. The van der Waals surface area contributed by atoms with E-state index in [0.29, 0.717) is 13.0 Å². The van der Waals surface area contributed by atoms with Gasteiger partial charge >= 0.3 is 0 Å². The van der Waals surface area contributed by atoms with Crippen molar-refractivity contribution in [2.75, 3.05) is 0 Å². The maximum Gasteiger partial charge on any atom is 0.0969 e. The van der Waals surface area contributed by atoms with Gasteiger partial charge in [0.05, 0.1) is 17.6 Å². The molecule has 1 heterocycles. The van der Waals surface area contributed by atoms with Crippen LogP contribution >= 0.6 is 0 Å². The fourth-order valence-corrected chi connectivity index (χ4v) is 1.59. The molecule has 0 aliphatic rings. The zero-order valence-electron chi connectivity index (χ0n) is 10.4. The van der Waals surface area contributed by atoms with Crippen LogP contribution in [-0.4, -0.2) is 21.0 Å². The van der Waals surface area contributed by atoms with E-state index in [-0.39, 0.29) is 6.04 Å². The summed E-state index contributed by atoms with van der Waals surface area (Å²) in [7, 11) is 0. The predicted molar refractivity (Wildman–Crippen MR) is 71.1 cm³/mol. The number of rotatable bonds is 5. The Labute approximate surface area is 107 Å². The Morgan fingerprint density at radius 2 is 2.17 bits per heavy atom. The minimum absolute atomic E-state index is 0.289. The summed E-state index contributed by atoms with van der Waals surface area (Å²) in [6.07, 6.45) is 7.74. The second-order valence-corrected chi connectivity index (χ2v) is 4.15. The summed E-state index contributed by atoms with van der Waals surface area (Å²) in [6.45, 7) is 2.73. The van der Waals surface area contributed by atoms with Crippen LogP contribution in [0.2, 0.25) is 0 Å². The Balaban J connectivity index is 1.97. The van der Waals surface area contributed by atoms with Crippen molar-refractivity contribution in [1.29, 1.82) is 0 Å². The van der Waals surface area contributed by atoms with Crippen LogP contribution in [0.25, 0.3) is 5.69 Å². The highest BCUT2D eigenvalue weighted by Crippen LogP contribution is 2.04. The number of hydrogen-bond donors (Lipinski definition) is 1. The van der Waals surface area contributed by atoms with E-state index in [1.54, 1.807) is 11.0 Å². The van der Waals surface area contributed by atoms with Crippen LogP contribution < -0.4 is 5.32 Å². The van der Waals surface area contributed by atoms with E-state index >= 15 is 0 Å². The fourth-order valence-electron chi connectivity index (χ4n) is 1.59. The van der Waals surface area contributed by atoms with Crippen LogP contribution in [0.1, 0.15) is 19.0 Å². The highest BCUT2D eigenvalue weighted by molar-refractivity contribution is 5.28. The summed E-state index contributed by atoms with van der Waals surface area (Å²) in [5.74, 6) is 2.63. The Morgan fingerprint density at radius 1 is 1.39 bits per heavy atom. The molecule has 18 heavy (non-hydrogen) atoms. The molecule has 0 saturated heterocycles. The van der Waals surface area contributed by atoms with Gasteiger partial charge in [-0.2, -0.15) is 15.0 Å². The van der Waals surface area contributed by atoms with Crippen LogP contribution in [-0.2, 0) is 6.54 Å². The third-order valence-corrected chi connectivity index (χ3v) is 2.58. The Bertz CT molecular complexity index is 524.